The van der Waals surface area contributed by atoms with Crippen LogP contribution >= 0.6 is 11.6 Å². The normalized spacial score (nSPS) is 10.7. The van der Waals surface area contributed by atoms with Crippen LogP contribution in [0, 0.1) is 13.8 Å². The maximum absolute atomic E-state index is 12.5. The molecule has 4 nitrogen and oxygen atoms in total. The highest BCUT2D eigenvalue weighted by atomic mass is 35.5. The largest absolute Gasteiger partial charge is 0.360 e. The lowest BCUT2D eigenvalue weighted by Gasteiger charge is -2.09. The molecular formula is C18H15ClN2O2. The summed E-state index contributed by atoms with van der Waals surface area (Å²) in [4.78, 5) is 27.7. The van der Waals surface area contributed by atoms with Crippen LogP contribution in [0.4, 0.5) is 5.69 Å². The molecule has 2 aromatic carbocycles. The Hall–Kier alpha value is -2.59. The minimum absolute atomic E-state index is 0.310. The summed E-state index contributed by atoms with van der Waals surface area (Å²) in [6, 6.07) is 10.7. The molecule has 5 heteroatoms. The highest BCUT2D eigenvalue weighted by molar-refractivity contribution is 6.48. The van der Waals surface area contributed by atoms with Crippen molar-refractivity contribution in [1.29, 1.82) is 0 Å². The number of Topliss-reactive ketones (excluding diaryl/α,β-unsaturated/α-hetero) is 1. The van der Waals surface area contributed by atoms with Gasteiger partial charge in [0.15, 0.2) is 0 Å². The molecule has 2 N–H and O–H groups in total. The summed E-state index contributed by atoms with van der Waals surface area (Å²) in [6.07, 6.45) is 1.53. The fourth-order valence-electron chi connectivity index (χ4n) is 2.47. The molecule has 1 amide bonds. The number of rotatable bonds is 3. The van der Waals surface area contributed by atoms with E-state index in [-0.39, 0.29) is 0 Å². The molecule has 0 aliphatic heterocycles. The number of anilines is 1. The van der Waals surface area contributed by atoms with Crippen LogP contribution in [0.1, 0.15) is 21.5 Å². The van der Waals surface area contributed by atoms with Crippen LogP contribution in [-0.2, 0) is 4.79 Å². The van der Waals surface area contributed by atoms with E-state index in [1.54, 1.807) is 24.3 Å². The van der Waals surface area contributed by atoms with Gasteiger partial charge in [-0.2, -0.15) is 0 Å². The van der Waals surface area contributed by atoms with E-state index in [2.05, 4.69) is 10.3 Å². The lowest BCUT2D eigenvalue weighted by molar-refractivity contribution is -0.112. The van der Waals surface area contributed by atoms with Gasteiger partial charge in [0.25, 0.3) is 11.7 Å². The molecule has 0 bridgehead atoms. The van der Waals surface area contributed by atoms with Gasteiger partial charge in [-0.25, -0.2) is 0 Å². The van der Waals surface area contributed by atoms with Gasteiger partial charge in [0.2, 0.25) is 0 Å². The number of ketones is 1. The maximum Gasteiger partial charge on any atom is 0.296 e. The third-order valence-corrected chi connectivity index (χ3v) is 4.18. The summed E-state index contributed by atoms with van der Waals surface area (Å²) in [7, 11) is 0. The van der Waals surface area contributed by atoms with Crippen LogP contribution < -0.4 is 5.32 Å². The average molecular weight is 327 g/mol. The molecule has 3 rings (SSSR count). The van der Waals surface area contributed by atoms with Crippen molar-refractivity contribution >= 4 is 39.9 Å². The van der Waals surface area contributed by atoms with E-state index >= 15 is 0 Å². The van der Waals surface area contributed by atoms with Crippen molar-refractivity contribution in [3.8, 4) is 0 Å². The number of aromatic nitrogens is 1. The number of amides is 1. The topological polar surface area (TPSA) is 62.0 Å². The SMILES string of the molecule is Cc1cccc(NC(=O)C(=O)c2c[nH]c3ccc(Cl)cc23)c1C. The molecule has 0 unspecified atom stereocenters. The van der Waals surface area contributed by atoms with E-state index in [0.29, 0.717) is 21.7 Å². The second kappa shape index (κ2) is 5.89. The minimum Gasteiger partial charge on any atom is -0.360 e. The van der Waals surface area contributed by atoms with E-state index < -0.39 is 11.7 Å². The van der Waals surface area contributed by atoms with E-state index in [1.807, 2.05) is 26.0 Å². The standard InChI is InChI=1S/C18H15ClN2O2/c1-10-4-3-5-15(11(10)2)21-18(23)17(22)14-9-20-16-7-6-12(19)8-13(14)16/h3-9,20H,1-2H3,(H,21,23). The number of aromatic amines is 1. The summed E-state index contributed by atoms with van der Waals surface area (Å²) >= 11 is 5.97. The van der Waals surface area contributed by atoms with Gasteiger partial charge in [0.1, 0.15) is 0 Å². The van der Waals surface area contributed by atoms with Crippen molar-refractivity contribution in [2.75, 3.05) is 5.32 Å². The molecule has 0 atom stereocenters. The first-order chi connectivity index (χ1) is 11.0. The Balaban J connectivity index is 1.91. The molecule has 0 saturated carbocycles. The van der Waals surface area contributed by atoms with E-state index in [4.69, 9.17) is 11.6 Å². The summed E-state index contributed by atoms with van der Waals surface area (Å²) in [6.45, 7) is 3.86. The maximum atomic E-state index is 12.5. The molecular weight excluding hydrogens is 312 g/mol. The number of nitrogens with one attached hydrogen (secondary N) is 2. The Kier molecular flexibility index (Phi) is 3.92. The second-order valence-corrected chi connectivity index (χ2v) is 5.86. The highest BCUT2D eigenvalue weighted by Gasteiger charge is 2.20. The monoisotopic (exact) mass is 326 g/mol. The molecule has 0 spiro atoms. The Morgan fingerprint density at radius 1 is 1.13 bits per heavy atom. The third-order valence-electron chi connectivity index (χ3n) is 3.95. The first-order valence-electron chi connectivity index (χ1n) is 7.16. The third kappa shape index (κ3) is 2.85. The van der Waals surface area contributed by atoms with Crippen LogP contribution in [0.3, 0.4) is 0 Å². The molecule has 0 aliphatic rings. The molecule has 1 heterocycles. The molecule has 23 heavy (non-hydrogen) atoms. The van der Waals surface area contributed by atoms with Crippen molar-refractivity contribution in [1.82, 2.24) is 4.98 Å². The fourth-order valence-corrected chi connectivity index (χ4v) is 2.64. The number of carbonyl (C=O) groups excluding carboxylic acids is 2. The molecule has 0 aliphatic carbocycles. The second-order valence-electron chi connectivity index (χ2n) is 5.42. The highest BCUT2D eigenvalue weighted by Crippen LogP contribution is 2.24. The van der Waals surface area contributed by atoms with Crippen LogP contribution in [0.5, 0.6) is 0 Å². The molecule has 1 aromatic heterocycles. The molecule has 3 aromatic rings. The number of aryl methyl sites for hydroxylation is 1. The first kappa shape index (κ1) is 15.3. The van der Waals surface area contributed by atoms with Gasteiger partial charge in [-0.05, 0) is 49.2 Å². The van der Waals surface area contributed by atoms with Gasteiger partial charge in [-0.15, -0.1) is 0 Å². The van der Waals surface area contributed by atoms with E-state index in [9.17, 15) is 9.59 Å². The summed E-state index contributed by atoms with van der Waals surface area (Å²) in [5, 5.41) is 3.84. The minimum atomic E-state index is -0.667. The van der Waals surface area contributed by atoms with Crippen molar-refractivity contribution in [3.05, 3.63) is 64.3 Å². The predicted molar refractivity (Wildman–Crippen MR) is 92.2 cm³/mol. The summed E-state index contributed by atoms with van der Waals surface area (Å²) in [5.41, 5.74) is 3.70. The zero-order chi connectivity index (χ0) is 16.6. The van der Waals surface area contributed by atoms with E-state index in [1.165, 1.54) is 6.20 Å². The Labute approximate surface area is 138 Å². The predicted octanol–water partition coefficient (Wildman–Crippen LogP) is 4.26. The lowest BCUT2D eigenvalue weighted by Crippen LogP contribution is -2.23. The van der Waals surface area contributed by atoms with Gasteiger partial charge in [0, 0.05) is 27.8 Å². The van der Waals surface area contributed by atoms with Crippen LogP contribution in [0.25, 0.3) is 10.9 Å². The average Bonchev–Trinajstić information content (AvgIpc) is 2.94. The number of H-pyrrole nitrogens is 1. The van der Waals surface area contributed by atoms with Gasteiger partial charge in [-0.3, -0.25) is 9.59 Å². The zero-order valence-electron chi connectivity index (χ0n) is 12.7. The van der Waals surface area contributed by atoms with Crippen molar-refractivity contribution in [2.24, 2.45) is 0 Å². The number of benzene rings is 2. The van der Waals surface area contributed by atoms with Gasteiger partial charge in [0.05, 0.1) is 5.56 Å². The van der Waals surface area contributed by atoms with Gasteiger partial charge >= 0.3 is 0 Å². The fraction of sp³-hybridized carbons (Fsp3) is 0.111. The summed E-state index contributed by atoms with van der Waals surface area (Å²) < 4.78 is 0. The number of fused-ring (bicyclic) bond motifs is 1. The van der Waals surface area contributed by atoms with Crippen LogP contribution in [0.2, 0.25) is 5.02 Å². The Bertz CT molecular complexity index is 928. The summed E-state index contributed by atoms with van der Waals surface area (Å²) in [5.74, 6) is -1.26. The number of halogens is 1. The van der Waals surface area contributed by atoms with Crippen molar-refractivity contribution in [2.45, 2.75) is 13.8 Å². The van der Waals surface area contributed by atoms with E-state index in [0.717, 1.165) is 16.6 Å². The van der Waals surface area contributed by atoms with Crippen LogP contribution in [0.15, 0.2) is 42.6 Å². The molecule has 0 fully saturated rings. The Morgan fingerprint density at radius 2 is 1.91 bits per heavy atom. The van der Waals surface area contributed by atoms with Crippen molar-refractivity contribution < 1.29 is 9.59 Å². The Morgan fingerprint density at radius 3 is 2.70 bits per heavy atom. The molecule has 116 valence electrons. The number of hydrogen-bond donors (Lipinski definition) is 2. The smallest absolute Gasteiger partial charge is 0.296 e. The first-order valence-corrected chi connectivity index (χ1v) is 7.53. The lowest BCUT2D eigenvalue weighted by atomic mass is 10.1. The van der Waals surface area contributed by atoms with Crippen molar-refractivity contribution in [3.63, 3.8) is 0 Å². The quantitative estimate of drug-likeness (QED) is 0.558. The zero-order valence-corrected chi connectivity index (χ0v) is 13.5. The van der Waals surface area contributed by atoms with Gasteiger partial charge in [-0.1, -0.05) is 23.7 Å². The molecule has 0 radical (unpaired) electrons. The van der Waals surface area contributed by atoms with Gasteiger partial charge < -0.3 is 10.3 Å². The molecule has 0 saturated heterocycles. The number of hydrogen-bond acceptors (Lipinski definition) is 2. The number of carbonyl (C=O) groups is 2. The van der Waals surface area contributed by atoms with Crippen LogP contribution in [-0.4, -0.2) is 16.7 Å².